The molecule has 0 aliphatic carbocycles. The Hall–Kier alpha value is -6.17. The van der Waals surface area contributed by atoms with Crippen molar-refractivity contribution in [2.24, 2.45) is 0 Å². The minimum atomic E-state index is 0.604. The number of thiophene rings is 1. The molecule has 0 bridgehead atoms. The van der Waals surface area contributed by atoms with Crippen LogP contribution in [0.5, 0.6) is 0 Å². The van der Waals surface area contributed by atoms with Crippen molar-refractivity contribution in [3.63, 3.8) is 0 Å². The van der Waals surface area contributed by atoms with E-state index in [0.717, 1.165) is 61.1 Å². The van der Waals surface area contributed by atoms with Crippen LogP contribution in [0.4, 0.5) is 17.1 Å². The van der Waals surface area contributed by atoms with E-state index in [0.29, 0.717) is 5.89 Å². The van der Waals surface area contributed by atoms with Crippen LogP contribution in [-0.2, 0) is 0 Å². The third kappa shape index (κ3) is 4.25. The summed E-state index contributed by atoms with van der Waals surface area (Å²) in [5.74, 6) is 0.604. The molecule has 0 aliphatic rings. The monoisotopic (exact) mass is 634 g/mol. The zero-order valence-electron chi connectivity index (χ0n) is 25.6. The van der Waals surface area contributed by atoms with Crippen molar-refractivity contribution in [2.75, 3.05) is 4.90 Å². The fourth-order valence-corrected chi connectivity index (χ4v) is 8.10. The van der Waals surface area contributed by atoms with Crippen LogP contribution in [0.1, 0.15) is 0 Å². The second kappa shape index (κ2) is 10.7. The van der Waals surface area contributed by atoms with E-state index < -0.39 is 0 Å². The average molecular weight is 635 g/mol. The minimum Gasteiger partial charge on any atom is -0.456 e. The smallest absolute Gasteiger partial charge is 0.227 e. The van der Waals surface area contributed by atoms with Gasteiger partial charge in [0.1, 0.15) is 16.7 Å². The maximum absolute atomic E-state index is 6.39. The van der Waals surface area contributed by atoms with Crippen molar-refractivity contribution >= 4 is 81.6 Å². The number of hydrogen-bond donors (Lipinski definition) is 0. The fourth-order valence-electron chi connectivity index (χ4n) is 6.89. The molecule has 0 atom stereocenters. The van der Waals surface area contributed by atoms with Crippen LogP contribution in [-0.4, -0.2) is 4.98 Å². The number of benzene rings is 7. The molecular weight excluding hydrogens is 609 g/mol. The topological polar surface area (TPSA) is 42.4 Å². The highest BCUT2D eigenvalue weighted by atomic mass is 32.1. The number of furan rings is 1. The summed E-state index contributed by atoms with van der Waals surface area (Å²) < 4.78 is 15.2. The summed E-state index contributed by atoms with van der Waals surface area (Å²) in [6.45, 7) is 0. The molecule has 4 nitrogen and oxygen atoms in total. The number of fused-ring (bicyclic) bond motifs is 7. The van der Waals surface area contributed by atoms with Gasteiger partial charge in [-0.1, -0.05) is 91.0 Å². The minimum absolute atomic E-state index is 0.604. The van der Waals surface area contributed by atoms with Gasteiger partial charge in [-0.3, -0.25) is 0 Å². The molecule has 0 saturated carbocycles. The van der Waals surface area contributed by atoms with Gasteiger partial charge in [0.05, 0.1) is 10.4 Å². The molecule has 0 aliphatic heterocycles. The Kier molecular flexibility index (Phi) is 6.01. The lowest BCUT2D eigenvalue weighted by atomic mass is 9.99. The molecular formula is C43H26N2O2S. The standard InChI is InChI=1S/C43H26N2O2S/c1-3-11-28(12-4-1)43-44-35-26-38-34(25-39(35)47-43)41-31(16-10-19-37(41)46-38)27-21-23-30(24-22-27)45(29-13-5-2-6-14-29)36-18-9-17-33-32-15-7-8-20-40(32)48-42(33)36/h1-26H. The highest BCUT2D eigenvalue weighted by molar-refractivity contribution is 7.26. The second-order valence-corrected chi connectivity index (χ2v) is 13.0. The van der Waals surface area contributed by atoms with Gasteiger partial charge in [0.15, 0.2) is 5.58 Å². The first kappa shape index (κ1) is 27.0. The highest BCUT2D eigenvalue weighted by Gasteiger charge is 2.20. The Morgan fingerprint density at radius 3 is 2.08 bits per heavy atom. The zero-order chi connectivity index (χ0) is 31.6. The lowest BCUT2D eigenvalue weighted by molar-refractivity contribution is 0.620. The molecule has 3 aromatic heterocycles. The van der Waals surface area contributed by atoms with Gasteiger partial charge in [0.2, 0.25) is 5.89 Å². The first-order chi connectivity index (χ1) is 23.8. The molecule has 48 heavy (non-hydrogen) atoms. The summed E-state index contributed by atoms with van der Waals surface area (Å²) >= 11 is 1.85. The second-order valence-electron chi connectivity index (χ2n) is 12.0. The molecule has 10 rings (SSSR count). The van der Waals surface area contributed by atoms with Gasteiger partial charge >= 0.3 is 0 Å². The first-order valence-electron chi connectivity index (χ1n) is 16.0. The predicted molar refractivity (Wildman–Crippen MR) is 200 cm³/mol. The number of oxazole rings is 1. The van der Waals surface area contributed by atoms with Crippen LogP contribution >= 0.6 is 11.3 Å². The molecule has 0 saturated heterocycles. The Morgan fingerprint density at radius 1 is 0.500 bits per heavy atom. The molecule has 0 N–H and O–H groups in total. The number of nitrogens with zero attached hydrogens (tertiary/aromatic N) is 2. The lowest BCUT2D eigenvalue weighted by Crippen LogP contribution is -2.09. The molecule has 5 heteroatoms. The van der Waals surface area contributed by atoms with Crippen LogP contribution in [0, 0.1) is 0 Å². The third-order valence-electron chi connectivity index (χ3n) is 9.10. The number of para-hydroxylation sites is 1. The van der Waals surface area contributed by atoms with Gasteiger partial charge in [0, 0.05) is 49.2 Å². The zero-order valence-corrected chi connectivity index (χ0v) is 26.4. The number of hydrogen-bond acceptors (Lipinski definition) is 5. The van der Waals surface area contributed by atoms with E-state index in [1.54, 1.807) is 0 Å². The van der Waals surface area contributed by atoms with Crippen LogP contribution in [0.2, 0.25) is 0 Å². The fraction of sp³-hybridized carbons (Fsp3) is 0. The van der Waals surface area contributed by atoms with Gasteiger partial charge in [-0.25, -0.2) is 4.98 Å². The van der Waals surface area contributed by atoms with Gasteiger partial charge in [-0.05, 0) is 71.8 Å². The molecule has 0 amide bonds. The number of rotatable bonds is 5. The molecule has 7 aromatic carbocycles. The van der Waals surface area contributed by atoms with Crippen molar-refractivity contribution in [2.45, 2.75) is 0 Å². The van der Waals surface area contributed by atoms with Crippen molar-refractivity contribution in [3.05, 3.63) is 158 Å². The van der Waals surface area contributed by atoms with E-state index in [9.17, 15) is 0 Å². The van der Waals surface area contributed by atoms with E-state index >= 15 is 0 Å². The largest absolute Gasteiger partial charge is 0.456 e. The molecule has 0 radical (unpaired) electrons. The van der Waals surface area contributed by atoms with Crippen LogP contribution in [0.25, 0.3) is 75.8 Å². The Balaban J connectivity index is 1.10. The molecule has 226 valence electrons. The highest BCUT2D eigenvalue weighted by Crippen LogP contribution is 2.45. The molecule has 3 heterocycles. The predicted octanol–water partition coefficient (Wildman–Crippen LogP) is 12.9. The summed E-state index contributed by atoms with van der Waals surface area (Å²) in [5, 5.41) is 4.65. The van der Waals surface area contributed by atoms with Gasteiger partial charge in [0.25, 0.3) is 0 Å². The average Bonchev–Trinajstić information content (AvgIpc) is 3.85. The summed E-state index contributed by atoms with van der Waals surface area (Å²) in [7, 11) is 0. The van der Waals surface area contributed by atoms with Crippen molar-refractivity contribution in [1.29, 1.82) is 0 Å². The SMILES string of the molecule is c1ccc(-c2nc3cc4oc5cccc(-c6ccc(N(c7ccccc7)c7cccc8c7sc7ccccc78)cc6)c5c4cc3o2)cc1. The molecule has 0 unspecified atom stereocenters. The number of anilines is 3. The summed E-state index contributed by atoms with van der Waals surface area (Å²) in [5.41, 5.74) is 9.70. The van der Waals surface area contributed by atoms with E-state index in [2.05, 4.69) is 120 Å². The van der Waals surface area contributed by atoms with E-state index in [1.807, 2.05) is 53.8 Å². The molecule has 0 fully saturated rings. The van der Waals surface area contributed by atoms with Gasteiger partial charge in [-0.15, -0.1) is 11.3 Å². The van der Waals surface area contributed by atoms with Crippen molar-refractivity contribution in [1.82, 2.24) is 4.98 Å². The maximum atomic E-state index is 6.39. The van der Waals surface area contributed by atoms with Crippen LogP contribution < -0.4 is 4.90 Å². The van der Waals surface area contributed by atoms with Crippen LogP contribution in [0.3, 0.4) is 0 Å². The van der Waals surface area contributed by atoms with Crippen molar-refractivity contribution < 1.29 is 8.83 Å². The first-order valence-corrected chi connectivity index (χ1v) is 16.8. The summed E-state index contributed by atoms with van der Waals surface area (Å²) in [4.78, 5) is 7.12. The quantitative estimate of drug-likeness (QED) is 0.189. The summed E-state index contributed by atoms with van der Waals surface area (Å²) in [6, 6.07) is 55.0. The van der Waals surface area contributed by atoms with Crippen molar-refractivity contribution in [3.8, 4) is 22.6 Å². The number of aromatic nitrogens is 1. The normalized spacial score (nSPS) is 11.8. The molecule has 0 spiro atoms. The van der Waals surface area contributed by atoms with Crippen LogP contribution in [0.15, 0.2) is 167 Å². The third-order valence-corrected chi connectivity index (χ3v) is 10.3. The lowest BCUT2D eigenvalue weighted by Gasteiger charge is -2.26. The summed E-state index contributed by atoms with van der Waals surface area (Å²) in [6.07, 6.45) is 0. The Morgan fingerprint density at radius 2 is 1.23 bits per heavy atom. The van der Waals surface area contributed by atoms with Gasteiger partial charge < -0.3 is 13.7 Å². The maximum Gasteiger partial charge on any atom is 0.227 e. The van der Waals surface area contributed by atoms with E-state index in [4.69, 9.17) is 13.8 Å². The molecule has 10 aromatic rings. The van der Waals surface area contributed by atoms with E-state index in [-0.39, 0.29) is 0 Å². The van der Waals surface area contributed by atoms with E-state index in [1.165, 1.54) is 25.9 Å². The Bertz CT molecular complexity index is 2780. The van der Waals surface area contributed by atoms with Gasteiger partial charge in [-0.2, -0.15) is 0 Å². The Labute approximate surface area is 279 Å².